The first-order valence-electron chi connectivity index (χ1n) is 11.0. The van der Waals surface area contributed by atoms with Crippen LogP contribution in [0, 0.1) is 20.8 Å². The third-order valence-corrected chi connectivity index (χ3v) is 5.53. The van der Waals surface area contributed by atoms with E-state index >= 15 is 0 Å². The van der Waals surface area contributed by atoms with Gasteiger partial charge in [-0.3, -0.25) is 4.79 Å². The number of alkyl halides is 3. The number of aromatic nitrogens is 4. The van der Waals surface area contributed by atoms with Crippen LogP contribution >= 0.6 is 0 Å². The molecule has 0 radical (unpaired) electrons. The Labute approximate surface area is 205 Å². The average Bonchev–Trinajstić information content (AvgIpc) is 3.21. The van der Waals surface area contributed by atoms with E-state index in [1.165, 1.54) is 12.4 Å². The van der Waals surface area contributed by atoms with Gasteiger partial charge in [-0.05, 0) is 56.2 Å². The molecular formula is C25H24F3N7O. The highest BCUT2D eigenvalue weighted by Gasteiger charge is 2.31. The summed E-state index contributed by atoms with van der Waals surface area (Å²) in [4.78, 5) is 21.3. The molecule has 2 heterocycles. The van der Waals surface area contributed by atoms with Crippen LogP contribution in [0.3, 0.4) is 0 Å². The molecule has 0 atom stereocenters. The number of carbonyl (C=O) groups excluding carboxylic acids is 1. The van der Waals surface area contributed by atoms with Crippen molar-refractivity contribution in [3.63, 3.8) is 0 Å². The molecule has 11 heteroatoms. The number of hydrogen-bond donors (Lipinski definition) is 3. The molecule has 1 amide bonds. The van der Waals surface area contributed by atoms with Gasteiger partial charge in [0, 0.05) is 36.1 Å². The third-order valence-electron chi connectivity index (χ3n) is 5.53. The van der Waals surface area contributed by atoms with Crippen LogP contribution in [0.2, 0.25) is 0 Å². The summed E-state index contributed by atoms with van der Waals surface area (Å²) in [6, 6.07) is 11.8. The molecule has 36 heavy (non-hydrogen) atoms. The summed E-state index contributed by atoms with van der Waals surface area (Å²) in [7, 11) is 1.75. The molecule has 0 fully saturated rings. The number of halogens is 3. The molecule has 0 saturated heterocycles. The minimum atomic E-state index is -4.51. The largest absolute Gasteiger partial charge is 0.416 e. The predicted octanol–water partition coefficient (Wildman–Crippen LogP) is 5.64. The molecule has 0 saturated carbocycles. The van der Waals surface area contributed by atoms with Crippen LogP contribution in [-0.4, -0.2) is 32.7 Å². The van der Waals surface area contributed by atoms with Gasteiger partial charge in [0.05, 0.1) is 11.3 Å². The van der Waals surface area contributed by atoms with E-state index in [1.54, 1.807) is 42.9 Å². The first-order chi connectivity index (χ1) is 17.0. The summed E-state index contributed by atoms with van der Waals surface area (Å²) in [5.41, 5.74) is 2.30. The summed E-state index contributed by atoms with van der Waals surface area (Å²) in [6.45, 7) is 5.35. The molecule has 0 bridgehead atoms. The summed E-state index contributed by atoms with van der Waals surface area (Å²) < 4.78 is 41.0. The first-order valence-corrected chi connectivity index (χ1v) is 11.0. The second-order valence-corrected chi connectivity index (χ2v) is 8.23. The third kappa shape index (κ3) is 5.29. The maximum Gasteiger partial charge on any atom is 0.416 e. The lowest BCUT2D eigenvalue weighted by molar-refractivity contribution is -0.137. The van der Waals surface area contributed by atoms with Crippen molar-refractivity contribution >= 4 is 28.9 Å². The van der Waals surface area contributed by atoms with Gasteiger partial charge in [-0.1, -0.05) is 12.1 Å². The molecular weight excluding hydrogens is 471 g/mol. The summed E-state index contributed by atoms with van der Waals surface area (Å²) in [5, 5.41) is 13.3. The standard InChI is InChI=1S/C25H24F3N7O/c1-14-5-7-17(24(36)33-20-11-18(25(26,27)28)8-6-15(20)2)10-19(14)32-23-9-16(3)34-35(23)22-12-21(29-4)30-13-31-22/h5-13,32H,1-4H3,(H,33,36)(H,29,30,31). The summed E-state index contributed by atoms with van der Waals surface area (Å²) in [6.07, 6.45) is -3.08. The summed E-state index contributed by atoms with van der Waals surface area (Å²) >= 11 is 0. The number of anilines is 4. The topological polar surface area (TPSA) is 96.8 Å². The molecule has 0 spiro atoms. The molecule has 0 unspecified atom stereocenters. The van der Waals surface area contributed by atoms with E-state index in [2.05, 4.69) is 31.0 Å². The van der Waals surface area contributed by atoms with E-state index in [9.17, 15) is 18.0 Å². The van der Waals surface area contributed by atoms with Crippen molar-refractivity contribution in [3.05, 3.63) is 82.8 Å². The molecule has 0 aliphatic heterocycles. The highest BCUT2D eigenvalue weighted by Crippen LogP contribution is 2.32. The SMILES string of the molecule is CNc1cc(-n2nc(C)cc2Nc2cc(C(=O)Nc3cc(C(F)(F)F)ccc3C)ccc2C)ncn1. The number of carbonyl (C=O) groups is 1. The smallest absolute Gasteiger partial charge is 0.373 e. The van der Waals surface area contributed by atoms with E-state index in [4.69, 9.17) is 0 Å². The van der Waals surface area contributed by atoms with Crippen molar-refractivity contribution in [2.75, 3.05) is 23.0 Å². The maximum absolute atomic E-state index is 13.1. The number of rotatable bonds is 6. The van der Waals surface area contributed by atoms with Gasteiger partial charge in [-0.25, -0.2) is 9.97 Å². The van der Waals surface area contributed by atoms with Crippen molar-refractivity contribution in [1.82, 2.24) is 19.7 Å². The number of nitrogens with one attached hydrogen (secondary N) is 3. The summed E-state index contributed by atoms with van der Waals surface area (Å²) in [5.74, 6) is 1.25. The average molecular weight is 496 g/mol. The van der Waals surface area contributed by atoms with Gasteiger partial charge >= 0.3 is 6.18 Å². The highest BCUT2D eigenvalue weighted by molar-refractivity contribution is 6.05. The van der Waals surface area contributed by atoms with Crippen LogP contribution in [0.5, 0.6) is 0 Å². The Kier molecular flexibility index (Phi) is 6.65. The van der Waals surface area contributed by atoms with Gasteiger partial charge in [0.25, 0.3) is 5.91 Å². The van der Waals surface area contributed by atoms with Gasteiger partial charge in [-0.2, -0.15) is 23.0 Å². The van der Waals surface area contributed by atoms with Crippen LogP contribution in [0.4, 0.5) is 36.2 Å². The van der Waals surface area contributed by atoms with Crippen molar-refractivity contribution in [3.8, 4) is 5.82 Å². The van der Waals surface area contributed by atoms with Gasteiger partial charge < -0.3 is 16.0 Å². The van der Waals surface area contributed by atoms with E-state index < -0.39 is 17.6 Å². The second kappa shape index (κ2) is 9.68. The molecule has 8 nitrogen and oxygen atoms in total. The van der Waals surface area contributed by atoms with Crippen LogP contribution in [-0.2, 0) is 6.18 Å². The van der Waals surface area contributed by atoms with E-state index in [-0.39, 0.29) is 11.3 Å². The van der Waals surface area contributed by atoms with Gasteiger partial charge in [-0.15, -0.1) is 0 Å². The molecule has 186 valence electrons. The molecule has 2 aromatic heterocycles. The van der Waals surface area contributed by atoms with Crippen molar-refractivity contribution in [2.45, 2.75) is 26.9 Å². The van der Waals surface area contributed by atoms with Crippen molar-refractivity contribution in [2.24, 2.45) is 0 Å². The lowest BCUT2D eigenvalue weighted by atomic mass is 10.1. The zero-order valence-electron chi connectivity index (χ0n) is 20.0. The van der Waals surface area contributed by atoms with E-state index in [0.717, 1.165) is 23.4 Å². The van der Waals surface area contributed by atoms with Gasteiger partial charge in [0.1, 0.15) is 18.0 Å². The predicted molar refractivity (Wildman–Crippen MR) is 132 cm³/mol. The number of hydrogen-bond acceptors (Lipinski definition) is 6. The van der Waals surface area contributed by atoms with E-state index in [1.807, 2.05) is 19.9 Å². The minimum Gasteiger partial charge on any atom is -0.373 e. The van der Waals surface area contributed by atoms with Crippen LogP contribution in [0.25, 0.3) is 5.82 Å². The minimum absolute atomic E-state index is 0.0997. The lowest BCUT2D eigenvalue weighted by Gasteiger charge is -2.15. The van der Waals surface area contributed by atoms with Crippen LogP contribution in [0.15, 0.2) is 54.9 Å². The lowest BCUT2D eigenvalue weighted by Crippen LogP contribution is -2.15. The second-order valence-electron chi connectivity index (χ2n) is 8.23. The Hall–Kier alpha value is -4.41. The van der Waals surface area contributed by atoms with E-state index in [0.29, 0.717) is 28.7 Å². The maximum atomic E-state index is 13.1. The van der Waals surface area contributed by atoms with Crippen LogP contribution < -0.4 is 16.0 Å². The Morgan fingerprint density at radius 3 is 2.36 bits per heavy atom. The molecule has 4 aromatic rings. The van der Waals surface area contributed by atoms with Gasteiger partial charge in [0.15, 0.2) is 5.82 Å². The van der Waals surface area contributed by atoms with Crippen molar-refractivity contribution in [1.29, 1.82) is 0 Å². The molecule has 4 rings (SSSR count). The Bertz CT molecular complexity index is 1430. The molecule has 2 aromatic carbocycles. The normalized spacial score (nSPS) is 11.3. The fraction of sp³-hybridized carbons (Fsp3) is 0.200. The van der Waals surface area contributed by atoms with Gasteiger partial charge in [0.2, 0.25) is 0 Å². The quantitative estimate of drug-likeness (QED) is 0.320. The Morgan fingerprint density at radius 2 is 1.64 bits per heavy atom. The monoisotopic (exact) mass is 495 g/mol. The first kappa shape index (κ1) is 24.7. The Morgan fingerprint density at radius 1 is 0.917 bits per heavy atom. The number of amides is 1. The zero-order chi connectivity index (χ0) is 26.0. The molecule has 3 N–H and O–H groups in total. The molecule has 0 aliphatic carbocycles. The van der Waals surface area contributed by atoms with Crippen molar-refractivity contribution < 1.29 is 18.0 Å². The highest BCUT2D eigenvalue weighted by atomic mass is 19.4. The number of nitrogens with zero attached hydrogens (tertiary/aromatic N) is 4. The fourth-order valence-electron chi connectivity index (χ4n) is 3.53. The Balaban J connectivity index is 1.62. The zero-order valence-corrected chi connectivity index (χ0v) is 20.0. The number of benzene rings is 2. The van der Waals surface area contributed by atoms with Crippen LogP contribution in [0.1, 0.15) is 32.7 Å². The number of aryl methyl sites for hydroxylation is 3. The molecule has 0 aliphatic rings. The fourth-order valence-corrected chi connectivity index (χ4v) is 3.53.